The van der Waals surface area contributed by atoms with E-state index in [9.17, 15) is 9.90 Å². The van der Waals surface area contributed by atoms with E-state index in [0.717, 1.165) is 5.56 Å². The minimum atomic E-state index is -0.260. The summed E-state index contributed by atoms with van der Waals surface area (Å²) in [5, 5.41) is 12.0. The van der Waals surface area contributed by atoms with Crippen molar-refractivity contribution in [3.63, 3.8) is 0 Å². The average molecular weight is 286 g/mol. The van der Waals surface area contributed by atoms with Gasteiger partial charge in [0.15, 0.2) is 0 Å². The van der Waals surface area contributed by atoms with Gasteiger partial charge in [-0.2, -0.15) is 0 Å². The standard InChI is InChI=1S/C16H18N2O3/c1-21-14-4-2-3-13(17)15(14)16(20)18-10-9-11-5-7-12(19)8-6-11/h2-8,19H,9-10,17H2,1H3,(H,18,20). The SMILES string of the molecule is COc1cccc(N)c1C(=O)NCCc1ccc(O)cc1. The van der Waals surface area contributed by atoms with E-state index in [2.05, 4.69) is 5.32 Å². The summed E-state index contributed by atoms with van der Waals surface area (Å²) < 4.78 is 5.16. The minimum absolute atomic E-state index is 0.226. The zero-order chi connectivity index (χ0) is 15.2. The van der Waals surface area contributed by atoms with Crippen molar-refractivity contribution in [3.8, 4) is 11.5 Å². The Hall–Kier alpha value is -2.69. The van der Waals surface area contributed by atoms with Crippen LogP contribution in [0.4, 0.5) is 5.69 Å². The van der Waals surface area contributed by atoms with E-state index in [4.69, 9.17) is 10.5 Å². The van der Waals surface area contributed by atoms with Crippen molar-refractivity contribution in [3.05, 3.63) is 53.6 Å². The molecule has 2 aromatic rings. The van der Waals surface area contributed by atoms with Gasteiger partial charge >= 0.3 is 0 Å². The Kier molecular flexibility index (Phi) is 4.66. The molecule has 0 fully saturated rings. The van der Waals surface area contributed by atoms with Crippen molar-refractivity contribution < 1.29 is 14.6 Å². The van der Waals surface area contributed by atoms with Gasteiger partial charge < -0.3 is 20.9 Å². The zero-order valence-corrected chi connectivity index (χ0v) is 11.8. The minimum Gasteiger partial charge on any atom is -0.508 e. The molecular weight excluding hydrogens is 268 g/mol. The Balaban J connectivity index is 1.97. The Morgan fingerprint density at radius 1 is 1.24 bits per heavy atom. The predicted molar refractivity (Wildman–Crippen MR) is 81.6 cm³/mol. The summed E-state index contributed by atoms with van der Waals surface area (Å²) in [5.74, 6) is 0.422. The summed E-state index contributed by atoms with van der Waals surface area (Å²) in [6.45, 7) is 0.473. The van der Waals surface area contributed by atoms with Gasteiger partial charge in [0, 0.05) is 12.2 Å². The van der Waals surface area contributed by atoms with Gasteiger partial charge in [0.25, 0.3) is 5.91 Å². The number of rotatable bonds is 5. The summed E-state index contributed by atoms with van der Waals surface area (Å²) in [7, 11) is 1.50. The van der Waals surface area contributed by atoms with E-state index in [1.54, 1.807) is 30.3 Å². The van der Waals surface area contributed by atoms with Crippen molar-refractivity contribution in [2.24, 2.45) is 0 Å². The van der Waals surface area contributed by atoms with Gasteiger partial charge in [-0.15, -0.1) is 0 Å². The second-order valence-corrected chi connectivity index (χ2v) is 4.60. The number of nitrogen functional groups attached to an aromatic ring is 1. The predicted octanol–water partition coefficient (Wildman–Crippen LogP) is 1.96. The van der Waals surface area contributed by atoms with Gasteiger partial charge in [-0.25, -0.2) is 0 Å². The van der Waals surface area contributed by atoms with Crippen molar-refractivity contribution in [2.45, 2.75) is 6.42 Å². The van der Waals surface area contributed by atoms with Crippen LogP contribution in [0, 0.1) is 0 Å². The summed E-state index contributed by atoms with van der Waals surface area (Å²) >= 11 is 0. The molecule has 0 atom stereocenters. The highest BCUT2D eigenvalue weighted by Crippen LogP contribution is 2.23. The Morgan fingerprint density at radius 2 is 1.95 bits per heavy atom. The first-order valence-electron chi connectivity index (χ1n) is 6.60. The molecule has 21 heavy (non-hydrogen) atoms. The van der Waals surface area contributed by atoms with Crippen LogP contribution in [0.2, 0.25) is 0 Å². The lowest BCUT2D eigenvalue weighted by atomic mass is 10.1. The Bertz CT molecular complexity index is 624. The molecule has 0 saturated carbocycles. The van der Waals surface area contributed by atoms with Crippen LogP contribution in [-0.2, 0) is 6.42 Å². The molecule has 2 aromatic carbocycles. The van der Waals surface area contributed by atoms with Crippen LogP contribution < -0.4 is 15.8 Å². The van der Waals surface area contributed by atoms with E-state index in [1.165, 1.54) is 7.11 Å². The van der Waals surface area contributed by atoms with Gasteiger partial charge in [-0.05, 0) is 36.2 Å². The summed E-state index contributed by atoms with van der Waals surface area (Å²) in [4.78, 5) is 12.2. The number of anilines is 1. The number of carbonyl (C=O) groups is 1. The maximum Gasteiger partial charge on any atom is 0.257 e. The number of methoxy groups -OCH3 is 1. The third-order valence-electron chi connectivity index (χ3n) is 3.14. The fraction of sp³-hybridized carbons (Fsp3) is 0.188. The van der Waals surface area contributed by atoms with Gasteiger partial charge in [0.05, 0.1) is 7.11 Å². The second-order valence-electron chi connectivity index (χ2n) is 4.60. The van der Waals surface area contributed by atoms with Crippen molar-refractivity contribution >= 4 is 11.6 Å². The van der Waals surface area contributed by atoms with Gasteiger partial charge in [-0.1, -0.05) is 18.2 Å². The Morgan fingerprint density at radius 3 is 2.62 bits per heavy atom. The first kappa shape index (κ1) is 14.7. The van der Waals surface area contributed by atoms with Crippen LogP contribution >= 0.6 is 0 Å². The average Bonchev–Trinajstić information content (AvgIpc) is 2.48. The molecule has 4 N–H and O–H groups in total. The number of phenolic OH excluding ortho intramolecular Hbond substituents is 1. The van der Waals surface area contributed by atoms with Gasteiger partial charge in [-0.3, -0.25) is 4.79 Å². The monoisotopic (exact) mass is 286 g/mol. The smallest absolute Gasteiger partial charge is 0.257 e. The maximum atomic E-state index is 12.2. The number of ether oxygens (including phenoxy) is 1. The molecule has 2 rings (SSSR count). The summed E-state index contributed by atoms with van der Waals surface area (Å²) in [6, 6.07) is 12.0. The summed E-state index contributed by atoms with van der Waals surface area (Å²) in [5.41, 5.74) is 7.60. The van der Waals surface area contributed by atoms with Crippen molar-refractivity contribution in [1.82, 2.24) is 5.32 Å². The molecule has 0 bridgehead atoms. The summed E-state index contributed by atoms with van der Waals surface area (Å²) in [6.07, 6.45) is 0.668. The molecule has 110 valence electrons. The quantitative estimate of drug-likeness (QED) is 0.733. The third kappa shape index (κ3) is 3.66. The molecule has 0 unspecified atom stereocenters. The highest BCUT2D eigenvalue weighted by atomic mass is 16.5. The zero-order valence-electron chi connectivity index (χ0n) is 11.8. The van der Waals surface area contributed by atoms with Crippen molar-refractivity contribution in [1.29, 1.82) is 0 Å². The molecule has 0 radical (unpaired) electrons. The van der Waals surface area contributed by atoms with E-state index < -0.39 is 0 Å². The van der Waals surface area contributed by atoms with Crippen LogP contribution in [0.3, 0.4) is 0 Å². The van der Waals surface area contributed by atoms with Crippen LogP contribution in [0.5, 0.6) is 11.5 Å². The molecule has 0 spiro atoms. The normalized spacial score (nSPS) is 10.1. The molecule has 5 heteroatoms. The Labute approximate surface area is 123 Å². The van der Waals surface area contributed by atoms with E-state index in [1.807, 2.05) is 12.1 Å². The molecule has 0 aliphatic rings. The number of amides is 1. The number of nitrogens with one attached hydrogen (secondary N) is 1. The van der Waals surface area contributed by atoms with E-state index in [-0.39, 0.29) is 11.7 Å². The number of hydrogen-bond acceptors (Lipinski definition) is 4. The number of carbonyl (C=O) groups excluding carboxylic acids is 1. The fourth-order valence-electron chi connectivity index (χ4n) is 2.03. The van der Waals surface area contributed by atoms with Crippen LogP contribution in [0.25, 0.3) is 0 Å². The topological polar surface area (TPSA) is 84.6 Å². The van der Waals surface area contributed by atoms with Crippen LogP contribution in [-0.4, -0.2) is 24.7 Å². The molecule has 0 heterocycles. The lowest BCUT2D eigenvalue weighted by Crippen LogP contribution is -2.27. The van der Waals surface area contributed by atoms with E-state index in [0.29, 0.717) is 30.0 Å². The number of hydrogen-bond donors (Lipinski definition) is 3. The number of benzene rings is 2. The molecular formula is C16H18N2O3. The maximum absolute atomic E-state index is 12.2. The lowest BCUT2D eigenvalue weighted by molar-refractivity contribution is 0.0952. The number of nitrogens with two attached hydrogens (primary N) is 1. The first-order valence-corrected chi connectivity index (χ1v) is 6.60. The fourth-order valence-corrected chi connectivity index (χ4v) is 2.03. The molecule has 1 amide bonds. The van der Waals surface area contributed by atoms with Crippen LogP contribution in [0.15, 0.2) is 42.5 Å². The first-order chi connectivity index (χ1) is 10.1. The molecule has 0 saturated heterocycles. The lowest BCUT2D eigenvalue weighted by Gasteiger charge is -2.11. The van der Waals surface area contributed by atoms with Gasteiger partial charge in [0.1, 0.15) is 17.1 Å². The van der Waals surface area contributed by atoms with E-state index >= 15 is 0 Å². The number of aromatic hydroxyl groups is 1. The second kappa shape index (κ2) is 6.65. The highest BCUT2D eigenvalue weighted by Gasteiger charge is 2.14. The molecule has 0 aromatic heterocycles. The molecule has 0 aliphatic carbocycles. The van der Waals surface area contributed by atoms with Gasteiger partial charge in [0.2, 0.25) is 0 Å². The largest absolute Gasteiger partial charge is 0.508 e. The third-order valence-corrected chi connectivity index (χ3v) is 3.14. The molecule has 0 aliphatic heterocycles. The highest BCUT2D eigenvalue weighted by molar-refractivity contribution is 6.01. The van der Waals surface area contributed by atoms with Crippen molar-refractivity contribution in [2.75, 3.05) is 19.4 Å². The number of phenols is 1. The molecule has 5 nitrogen and oxygen atoms in total. The van der Waals surface area contributed by atoms with Crippen LogP contribution in [0.1, 0.15) is 15.9 Å².